The fourth-order valence-corrected chi connectivity index (χ4v) is 3.08. The minimum Gasteiger partial charge on any atom is -0.443 e. The summed E-state index contributed by atoms with van der Waals surface area (Å²) in [4.78, 5) is 12.7. The number of allylic oxidation sites excluding steroid dienone is 1. The molecular weight excluding hydrogens is 442 g/mol. The summed E-state index contributed by atoms with van der Waals surface area (Å²) < 4.78 is 78.6. The molecule has 0 bridgehead atoms. The van der Waals surface area contributed by atoms with Crippen molar-refractivity contribution >= 4 is 23.3 Å². The van der Waals surface area contributed by atoms with Crippen molar-refractivity contribution in [1.29, 1.82) is 0 Å². The highest BCUT2D eigenvalue weighted by Gasteiger charge is 2.49. The molecule has 0 spiro atoms. The first-order valence-corrected chi connectivity index (χ1v) is 11.1. The summed E-state index contributed by atoms with van der Waals surface area (Å²) >= 11 is 0. The molecule has 8 nitrogen and oxygen atoms in total. The summed E-state index contributed by atoms with van der Waals surface area (Å²) in [6.07, 6.45) is 0.376. The van der Waals surface area contributed by atoms with E-state index in [0.717, 1.165) is 11.1 Å². The van der Waals surface area contributed by atoms with E-state index in [4.69, 9.17) is 14.0 Å². The lowest BCUT2D eigenvalue weighted by atomic mass is 9.90. The van der Waals surface area contributed by atoms with Gasteiger partial charge in [0.05, 0.1) is 11.2 Å². The smallest absolute Gasteiger partial charge is 0.443 e. The van der Waals surface area contributed by atoms with Crippen molar-refractivity contribution in [2.75, 3.05) is 6.54 Å². The van der Waals surface area contributed by atoms with E-state index in [0.29, 0.717) is 0 Å². The monoisotopic (exact) mass is 473 g/mol. The molecular formula is C18H31BF3NO7S. The van der Waals surface area contributed by atoms with Gasteiger partial charge in [0.15, 0.2) is 0 Å². The van der Waals surface area contributed by atoms with Crippen LogP contribution in [0.2, 0.25) is 6.82 Å². The van der Waals surface area contributed by atoms with E-state index in [2.05, 4.69) is 31.9 Å². The lowest BCUT2D eigenvalue weighted by Gasteiger charge is -2.32. The maximum Gasteiger partial charge on any atom is 0.534 e. The van der Waals surface area contributed by atoms with Crippen molar-refractivity contribution in [2.45, 2.75) is 90.4 Å². The van der Waals surface area contributed by atoms with E-state index in [1.165, 1.54) is 0 Å². The zero-order valence-electron chi connectivity index (χ0n) is 19.1. The number of amides is 1. The Labute approximate surface area is 182 Å². The summed E-state index contributed by atoms with van der Waals surface area (Å²) in [6, 6.07) is 0. The number of halogens is 3. The summed E-state index contributed by atoms with van der Waals surface area (Å²) in [7, 11) is -5.79. The predicted octanol–water partition coefficient (Wildman–Crippen LogP) is 4.43. The van der Waals surface area contributed by atoms with E-state index in [-0.39, 0.29) is 37.7 Å². The molecule has 0 N–H and O–H groups in total. The SMILES string of the molecule is CB1OC(C)(C)C(C)(C)O1.CC(C)(C)OC(=O)N1C=C(OS(=O)(=O)C(F)(F)F)CCC1. The molecule has 0 aliphatic carbocycles. The molecule has 0 aromatic carbocycles. The molecule has 2 heterocycles. The van der Waals surface area contributed by atoms with E-state index in [1.54, 1.807) is 20.8 Å². The van der Waals surface area contributed by atoms with Gasteiger partial charge in [0.2, 0.25) is 0 Å². The van der Waals surface area contributed by atoms with Crippen molar-refractivity contribution in [3.05, 3.63) is 12.0 Å². The van der Waals surface area contributed by atoms with E-state index in [9.17, 15) is 26.4 Å². The molecule has 2 rings (SSSR count). The predicted molar refractivity (Wildman–Crippen MR) is 108 cm³/mol. The number of nitrogens with zero attached hydrogens (tertiary/aromatic N) is 1. The zero-order valence-corrected chi connectivity index (χ0v) is 19.9. The van der Waals surface area contributed by atoms with Gasteiger partial charge in [-0.05, 0) is 61.7 Å². The topological polar surface area (TPSA) is 91.4 Å². The molecule has 0 radical (unpaired) electrons. The largest absolute Gasteiger partial charge is 0.534 e. The normalized spacial score (nSPS) is 21.1. The quantitative estimate of drug-likeness (QED) is 0.333. The van der Waals surface area contributed by atoms with Crippen LogP contribution in [-0.4, -0.2) is 55.4 Å². The second-order valence-corrected chi connectivity index (χ2v) is 10.7. The van der Waals surface area contributed by atoms with Crippen LogP contribution in [0.1, 0.15) is 61.3 Å². The lowest BCUT2D eigenvalue weighted by Crippen LogP contribution is -2.41. The molecule has 0 aromatic rings. The number of carbonyl (C=O) groups excluding carboxylic acids is 1. The third kappa shape index (κ3) is 7.87. The second-order valence-electron chi connectivity index (χ2n) is 9.18. The van der Waals surface area contributed by atoms with Crippen LogP contribution in [0, 0.1) is 0 Å². The van der Waals surface area contributed by atoms with Gasteiger partial charge in [0.1, 0.15) is 11.4 Å². The number of carbonyl (C=O) groups is 1. The molecule has 2 aliphatic heterocycles. The third-order valence-corrected chi connectivity index (χ3v) is 5.62. The fourth-order valence-electron chi connectivity index (χ4n) is 2.58. The van der Waals surface area contributed by atoms with Crippen LogP contribution < -0.4 is 0 Å². The fraction of sp³-hybridized carbons (Fsp3) is 0.833. The molecule has 1 amide bonds. The average Bonchev–Trinajstić information content (AvgIpc) is 2.70. The Bertz CT molecular complexity index is 773. The summed E-state index contributed by atoms with van der Waals surface area (Å²) in [6.45, 7) is 15.2. The van der Waals surface area contributed by atoms with Crippen LogP contribution in [0.15, 0.2) is 12.0 Å². The minimum atomic E-state index is -5.73. The third-order valence-electron chi connectivity index (χ3n) is 4.62. The van der Waals surface area contributed by atoms with Crippen LogP contribution in [0.5, 0.6) is 0 Å². The maximum absolute atomic E-state index is 12.2. The number of alkyl halides is 3. The molecule has 2 aliphatic rings. The average molecular weight is 473 g/mol. The maximum atomic E-state index is 12.2. The summed E-state index contributed by atoms with van der Waals surface area (Å²) in [5, 5.41) is 0. The van der Waals surface area contributed by atoms with Crippen molar-refractivity contribution in [2.24, 2.45) is 0 Å². The molecule has 13 heteroatoms. The van der Waals surface area contributed by atoms with Gasteiger partial charge in [-0.3, -0.25) is 4.90 Å². The van der Waals surface area contributed by atoms with E-state index >= 15 is 0 Å². The van der Waals surface area contributed by atoms with Crippen molar-refractivity contribution < 1.29 is 44.6 Å². The zero-order chi connectivity index (χ0) is 24.5. The van der Waals surface area contributed by atoms with Gasteiger partial charge in [-0.15, -0.1) is 0 Å². The molecule has 0 unspecified atom stereocenters. The highest BCUT2D eigenvalue weighted by Crippen LogP contribution is 2.36. The number of ether oxygens (including phenoxy) is 1. The number of rotatable bonds is 2. The molecule has 1 fully saturated rings. The second kappa shape index (κ2) is 9.18. The molecule has 31 heavy (non-hydrogen) atoms. The molecule has 0 atom stereocenters. The minimum absolute atomic E-state index is 0.0192. The molecule has 1 saturated heterocycles. The van der Waals surface area contributed by atoms with Crippen LogP contribution in [0.25, 0.3) is 0 Å². The first kappa shape index (κ1) is 27.6. The van der Waals surface area contributed by atoms with Crippen molar-refractivity contribution in [3.8, 4) is 0 Å². The Hall–Kier alpha value is -1.47. The molecule has 180 valence electrons. The Balaban J connectivity index is 0.000000399. The van der Waals surface area contributed by atoms with Crippen LogP contribution >= 0.6 is 0 Å². The first-order valence-electron chi connectivity index (χ1n) is 9.73. The Morgan fingerprint density at radius 2 is 1.61 bits per heavy atom. The molecule has 0 saturated carbocycles. The van der Waals surface area contributed by atoms with Gasteiger partial charge in [0.25, 0.3) is 0 Å². The van der Waals surface area contributed by atoms with Gasteiger partial charge in [0, 0.05) is 19.2 Å². The molecule has 0 aromatic heterocycles. The Morgan fingerprint density at radius 3 is 1.97 bits per heavy atom. The summed E-state index contributed by atoms with van der Waals surface area (Å²) in [5.74, 6) is -0.454. The highest BCUT2D eigenvalue weighted by molar-refractivity contribution is 7.87. The van der Waals surface area contributed by atoms with E-state index in [1.807, 2.05) is 6.82 Å². The Morgan fingerprint density at radius 1 is 1.13 bits per heavy atom. The van der Waals surface area contributed by atoms with Crippen molar-refractivity contribution in [3.63, 3.8) is 0 Å². The van der Waals surface area contributed by atoms with Crippen LogP contribution in [0.4, 0.5) is 18.0 Å². The van der Waals surface area contributed by atoms with Gasteiger partial charge in [-0.1, -0.05) is 0 Å². The standard InChI is InChI=1S/C11H16F3NO5S.C7H15BO2/c1-10(2,3)19-9(16)15-6-4-5-8(7-15)20-21(17,18)11(12,13)14;1-6(2)7(3,4)10-8(5)9-6/h7H,4-6H2,1-3H3;1-5H3. The lowest BCUT2D eigenvalue weighted by molar-refractivity contribution is -0.0525. The number of hydrogen-bond donors (Lipinski definition) is 0. The number of hydrogen-bond acceptors (Lipinski definition) is 7. The van der Waals surface area contributed by atoms with Crippen molar-refractivity contribution in [1.82, 2.24) is 4.90 Å². The van der Waals surface area contributed by atoms with Crippen LogP contribution in [0.3, 0.4) is 0 Å². The van der Waals surface area contributed by atoms with Gasteiger partial charge in [-0.2, -0.15) is 21.6 Å². The van der Waals surface area contributed by atoms with Gasteiger partial charge in [-0.25, -0.2) is 4.79 Å². The highest BCUT2D eigenvalue weighted by atomic mass is 32.2. The van der Waals surface area contributed by atoms with E-state index < -0.39 is 33.1 Å². The van der Waals surface area contributed by atoms with Gasteiger partial charge >= 0.3 is 28.8 Å². The first-order chi connectivity index (χ1) is 13.7. The summed E-state index contributed by atoms with van der Waals surface area (Å²) in [5.41, 5.74) is -6.61. The van der Waals surface area contributed by atoms with Crippen LogP contribution in [-0.2, 0) is 28.3 Å². The Kier molecular flexibility index (Phi) is 8.17. The van der Waals surface area contributed by atoms with Gasteiger partial charge < -0.3 is 18.2 Å².